The Kier molecular flexibility index (Phi) is 13.1. The maximum Gasteiger partial charge on any atom is 0.311 e. The Balaban J connectivity index is 1.75. The summed E-state index contributed by atoms with van der Waals surface area (Å²) in [6.07, 6.45) is -7.00. The Bertz CT molecular complexity index is 1090. The number of ketones is 1. The van der Waals surface area contributed by atoms with Crippen LogP contribution in [0.25, 0.3) is 0 Å². The number of Topliss-reactive ketones (excluding diaryl/α,β-unsaturated/α-hetero) is 1. The summed E-state index contributed by atoms with van der Waals surface area (Å²) in [5.74, 6) is -3.71. The van der Waals surface area contributed by atoms with Gasteiger partial charge in [0.1, 0.15) is 18.2 Å². The maximum absolute atomic E-state index is 13.9. The third kappa shape index (κ3) is 8.43. The van der Waals surface area contributed by atoms with Crippen LogP contribution in [0.1, 0.15) is 74.7 Å². The number of carbonyl (C=O) groups excluding carboxylic acids is 2. The van der Waals surface area contributed by atoms with Crippen LogP contribution in [-0.2, 0) is 42.7 Å². The third-order valence-corrected chi connectivity index (χ3v) is 11.5. The van der Waals surface area contributed by atoms with Crippen LogP contribution in [0.3, 0.4) is 0 Å². The van der Waals surface area contributed by atoms with Gasteiger partial charge in [0, 0.05) is 37.7 Å². The molecule has 0 saturated carbocycles. The monoisotopic (exact) mass is 688 g/mol. The van der Waals surface area contributed by atoms with Crippen molar-refractivity contribution in [3.63, 3.8) is 0 Å². The van der Waals surface area contributed by atoms with Crippen molar-refractivity contribution in [1.82, 2.24) is 0 Å². The SMILES string of the molecule is CO[C@H]1C[C@H](O[C@H]2[C@H](C)[C@@H](O[C@@H]3O[C@H](C)C[C@H]([NH+](C)C)[C@H]3O)[C@@H](C)C[C@@]3(CO3)C(=O)[C@H](C)[C@@H](O)[C@@H](C)[C@@H](C)OC(=O)[C@@H]2C)O[C@@H](C)[C@@H]1O. The topological polar surface area (TPSA) is 167 Å². The number of methoxy groups -OCH3 is 1. The molecule has 1 spiro atoms. The lowest BCUT2D eigenvalue weighted by atomic mass is 9.76. The predicted octanol–water partition coefficient (Wildman–Crippen LogP) is 0.491. The molecule has 0 unspecified atom stereocenters. The molecule has 278 valence electrons. The maximum atomic E-state index is 13.9. The average molecular weight is 689 g/mol. The first kappa shape index (κ1) is 39.5. The normalized spacial score (nSPS) is 49.9. The quantitative estimate of drug-likeness (QED) is 0.226. The van der Waals surface area contributed by atoms with Gasteiger partial charge in [0.25, 0.3) is 0 Å². The minimum atomic E-state index is -1.09. The predicted molar refractivity (Wildman–Crippen MR) is 173 cm³/mol. The lowest BCUT2D eigenvalue weighted by Gasteiger charge is -2.45. The van der Waals surface area contributed by atoms with E-state index in [0.29, 0.717) is 12.8 Å². The molecule has 0 aromatic carbocycles. The van der Waals surface area contributed by atoms with E-state index in [-0.39, 0.29) is 36.9 Å². The molecule has 4 fully saturated rings. The highest BCUT2D eigenvalue weighted by atomic mass is 16.7. The number of aliphatic hydroxyl groups is 3. The van der Waals surface area contributed by atoms with Crippen LogP contribution in [0.5, 0.6) is 0 Å². The molecule has 0 aliphatic carbocycles. The molecular weight excluding hydrogens is 626 g/mol. The van der Waals surface area contributed by atoms with E-state index < -0.39 is 96.7 Å². The zero-order valence-electron chi connectivity index (χ0n) is 30.7. The minimum Gasteiger partial charge on any atom is -0.462 e. The van der Waals surface area contributed by atoms with Crippen molar-refractivity contribution in [2.45, 2.75) is 154 Å². The number of carbonyl (C=O) groups is 2. The molecule has 4 N–H and O–H groups in total. The molecule has 0 bridgehead atoms. The van der Waals surface area contributed by atoms with Crippen LogP contribution in [-0.4, -0.2) is 134 Å². The van der Waals surface area contributed by atoms with Crippen LogP contribution in [0.2, 0.25) is 0 Å². The Morgan fingerprint density at radius 2 is 1.44 bits per heavy atom. The van der Waals surface area contributed by atoms with Crippen LogP contribution in [0, 0.1) is 29.6 Å². The summed E-state index contributed by atoms with van der Waals surface area (Å²) in [4.78, 5) is 28.8. The standard InChI is InChI=1S/C35H61NO12/c1-16-14-35(15-43-35)32(40)19(4)27(37)18(3)22(7)46-33(41)21(6)31(47-26-13-25(42-11)28(38)23(8)45-26)20(5)30(16)48-34-29(39)24(36(9)10)12-17(2)44-34/h16-31,34,37-39H,12-15H2,1-11H3/p+1/t16-,17+,18-,19+,20+,21+,22+,23-,24-,25-,26-,27-,28-,29+,30-,31-,34-,35+/m0/s1. The number of hydrogen-bond acceptors (Lipinski definition) is 12. The number of hydrogen-bond donors (Lipinski definition) is 4. The third-order valence-electron chi connectivity index (χ3n) is 11.5. The Hall–Kier alpha value is -1.26. The van der Waals surface area contributed by atoms with Crippen LogP contribution in [0.15, 0.2) is 0 Å². The lowest BCUT2D eigenvalue weighted by Crippen LogP contribution is -3.12. The van der Waals surface area contributed by atoms with Gasteiger partial charge in [-0.1, -0.05) is 27.7 Å². The van der Waals surface area contributed by atoms with Crippen molar-refractivity contribution >= 4 is 11.8 Å². The number of aliphatic hydroxyl groups excluding tert-OH is 3. The molecule has 18 atom stereocenters. The molecule has 13 nitrogen and oxygen atoms in total. The van der Waals surface area contributed by atoms with Gasteiger partial charge in [-0.15, -0.1) is 0 Å². The summed E-state index contributed by atoms with van der Waals surface area (Å²) in [5, 5.41) is 33.3. The molecule has 4 saturated heterocycles. The van der Waals surface area contributed by atoms with E-state index >= 15 is 0 Å². The number of rotatable bonds is 6. The molecule has 48 heavy (non-hydrogen) atoms. The fraction of sp³-hybridized carbons (Fsp3) is 0.943. The Morgan fingerprint density at radius 3 is 2.02 bits per heavy atom. The van der Waals surface area contributed by atoms with Gasteiger partial charge in [0.05, 0.1) is 63.2 Å². The van der Waals surface area contributed by atoms with Gasteiger partial charge < -0.3 is 53.4 Å². The van der Waals surface area contributed by atoms with E-state index in [1.54, 1.807) is 34.6 Å². The van der Waals surface area contributed by atoms with Crippen LogP contribution < -0.4 is 4.90 Å². The number of ether oxygens (including phenoxy) is 7. The smallest absolute Gasteiger partial charge is 0.311 e. The number of likely N-dealkylation sites (N-methyl/N-ethyl adjacent to an activating group) is 1. The zero-order chi connectivity index (χ0) is 35.8. The van der Waals surface area contributed by atoms with Crippen molar-refractivity contribution < 1.29 is 63.0 Å². The van der Waals surface area contributed by atoms with Crippen molar-refractivity contribution in [1.29, 1.82) is 0 Å². The number of esters is 1. The highest BCUT2D eigenvalue weighted by molar-refractivity contribution is 5.92. The van der Waals surface area contributed by atoms with Gasteiger partial charge in [0.15, 0.2) is 30.1 Å². The van der Waals surface area contributed by atoms with Gasteiger partial charge >= 0.3 is 5.97 Å². The van der Waals surface area contributed by atoms with Crippen LogP contribution in [0.4, 0.5) is 0 Å². The van der Waals surface area contributed by atoms with Crippen molar-refractivity contribution in [3.8, 4) is 0 Å². The number of nitrogens with one attached hydrogen (secondary N) is 1. The van der Waals surface area contributed by atoms with Gasteiger partial charge in [-0.3, -0.25) is 9.59 Å². The van der Waals surface area contributed by atoms with E-state index in [1.165, 1.54) is 7.11 Å². The van der Waals surface area contributed by atoms with Crippen molar-refractivity contribution in [3.05, 3.63) is 0 Å². The summed E-state index contributed by atoms with van der Waals surface area (Å²) in [7, 11) is 5.49. The molecule has 4 rings (SSSR count). The molecule has 0 radical (unpaired) electrons. The fourth-order valence-electron chi connectivity index (χ4n) is 7.98. The highest BCUT2D eigenvalue weighted by Crippen LogP contribution is 2.43. The summed E-state index contributed by atoms with van der Waals surface area (Å²) >= 11 is 0. The van der Waals surface area contributed by atoms with Crippen LogP contribution >= 0.6 is 0 Å². The molecule has 4 aliphatic heterocycles. The number of epoxide rings is 1. The van der Waals surface area contributed by atoms with Crippen molar-refractivity contribution in [2.24, 2.45) is 29.6 Å². The first-order valence-corrected chi connectivity index (χ1v) is 17.8. The van der Waals surface area contributed by atoms with E-state index in [4.69, 9.17) is 33.2 Å². The summed E-state index contributed by atoms with van der Waals surface area (Å²) in [6.45, 7) is 14.7. The Morgan fingerprint density at radius 1 is 0.792 bits per heavy atom. The summed E-state index contributed by atoms with van der Waals surface area (Å²) in [5.41, 5.74) is -1.09. The van der Waals surface area contributed by atoms with Gasteiger partial charge in [-0.05, 0) is 40.0 Å². The molecule has 4 heterocycles. The molecule has 0 aromatic rings. The largest absolute Gasteiger partial charge is 0.462 e. The highest BCUT2D eigenvalue weighted by Gasteiger charge is 2.57. The lowest BCUT2D eigenvalue weighted by molar-refractivity contribution is -0.893. The number of cyclic esters (lactones) is 1. The second kappa shape index (κ2) is 16.0. The fourth-order valence-corrected chi connectivity index (χ4v) is 7.98. The average Bonchev–Trinajstić information content (AvgIpc) is 3.82. The first-order chi connectivity index (χ1) is 22.4. The summed E-state index contributed by atoms with van der Waals surface area (Å²) < 4.78 is 43.0. The van der Waals surface area contributed by atoms with Gasteiger partial charge in [-0.2, -0.15) is 0 Å². The molecule has 0 aromatic heterocycles. The molecule has 0 amide bonds. The van der Waals surface area contributed by atoms with E-state index in [9.17, 15) is 24.9 Å². The second-order valence-electron chi connectivity index (χ2n) is 15.5. The van der Waals surface area contributed by atoms with E-state index in [0.717, 1.165) is 4.90 Å². The molecular formula is C35H62NO12+. The second-order valence-corrected chi connectivity index (χ2v) is 15.5. The number of quaternary nitrogens is 1. The minimum absolute atomic E-state index is 0.135. The van der Waals surface area contributed by atoms with E-state index in [2.05, 4.69) is 0 Å². The van der Waals surface area contributed by atoms with Gasteiger partial charge in [-0.25, -0.2) is 0 Å². The van der Waals surface area contributed by atoms with Gasteiger partial charge in [0.2, 0.25) is 0 Å². The first-order valence-electron chi connectivity index (χ1n) is 17.8. The molecule has 13 heteroatoms. The molecule has 4 aliphatic rings. The van der Waals surface area contributed by atoms with E-state index in [1.807, 2.05) is 34.9 Å². The summed E-state index contributed by atoms with van der Waals surface area (Å²) in [6, 6.07) is -0.135. The Labute approximate surface area is 285 Å². The zero-order valence-corrected chi connectivity index (χ0v) is 30.7. The van der Waals surface area contributed by atoms with Crippen molar-refractivity contribution in [2.75, 3.05) is 27.8 Å².